The van der Waals surface area contributed by atoms with Crippen LogP contribution in [0, 0.1) is 0 Å². The second kappa shape index (κ2) is 9.38. The number of benzene rings is 2. The van der Waals surface area contributed by atoms with Gasteiger partial charge in [-0.15, -0.1) is 0 Å². The van der Waals surface area contributed by atoms with Crippen LogP contribution in [0.1, 0.15) is 19.4 Å². The predicted molar refractivity (Wildman–Crippen MR) is 110 cm³/mol. The number of piperazine rings is 1. The lowest BCUT2D eigenvalue weighted by molar-refractivity contribution is -0.914. The average molecular weight is 422 g/mol. The Balaban J connectivity index is 1.56. The molecule has 1 amide bonds. The van der Waals surface area contributed by atoms with Gasteiger partial charge >= 0.3 is 6.18 Å². The van der Waals surface area contributed by atoms with E-state index >= 15 is 0 Å². The Morgan fingerprint density at radius 3 is 2.37 bits per heavy atom. The third-order valence-electron chi connectivity index (χ3n) is 5.40. The van der Waals surface area contributed by atoms with Crippen LogP contribution in [0.25, 0.3) is 0 Å². The molecule has 162 valence electrons. The minimum absolute atomic E-state index is 0.201. The largest absolute Gasteiger partial charge is 0.492 e. The SMILES string of the molecule is CCOc1ccccc1N1CC[NH+]([C@@H](C)C(=O)Nc2ccc(C(F)(F)F)cc2)CC1. The molecule has 1 fully saturated rings. The van der Waals surface area contributed by atoms with Crippen molar-refractivity contribution in [2.24, 2.45) is 0 Å². The van der Waals surface area contributed by atoms with E-state index in [4.69, 9.17) is 4.74 Å². The fourth-order valence-corrected chi connectivity index (χ4v) is 3.64. The molecule has 0 aromatic heterocycles. The first-order valence-electron chi connectivity index (χ1n) is 10.1. The number of hydrogen-bond donors (Lipinski definition) is 2. The molecule has 0 radical (unpaired) electrons. The highest BCUT2D eigenvalue weighted by Crippen LogP contribution is 2.30. The van der Waals surface area contributed by atoms with E-state index in [1.165, 1.54) is 12.1 Å². The van der Waals surface area contributed by atoms with Gasteiger partial charge in [0.2, 0.25) is 0 Å². The molecule has 30 heavy (non-hydrogen) atoms. The normalized spacial score (nSPS) is 16.2. The molecule has 5 nitrogen and oxygen atoms in total. The highest BCUT2D eigenvalue weighted by molar-refractivity contribution is 5.93. The second-order valence-electron chi connectivity index (χ2n) is 7.33. The molecule has 2 aromatic rings. The van der Waals surface area contributed by atoms with Crippen LogP contribution in [0.5, 0.6) is 5.75 Å². The highest BCUT2D eigenvalue weighted by Gasteiger charge is 2.31. The summed E-state index contributed by atoms with van der Waals surface area (Å²) in [5.74, 6) is 0.657. The van der Waals surface area contributed by atoms with Crippen LogP contribution >= 0.6 is 0 Å². The smallest absolute Gasteiger partial charge is 0.416 e. The second-order valence-corrected chi connectivity index (χ2v) is 7.33. The van der Waals surface area contributed by atoms with Gasteiger partial charge in [-0.3, -0.25) is 4.79 Å². The highest BCUT2D eigenvalue weighted by atomic mass is 19.4. The molecule has 1 heterocycles. The van der Waals surface area contributed by atoms with E-state index in [-0.39, 0.29) is 11.9 Å². The fraction of sp³-hybridized carbons (Fsp3) is 0.409. The molecule has 0 bridgehead atoms. The van der Waals surface area contributed by atoms with E-state index in [0.717, 1.165) is 54.6 Å². The topological polar surface area (TPSA) is 46.0 Å². The number of anilines is 2. The number of nitrogens with one attached hydrogen (secondary N) is 2. The summed E-state index contributed by atoms with van der Waals surface area (Å²) in [7, 11) is 0. The van der Waals surface area contributed by atoms with Crippen molar-refractivity contribution in [3.05, 3.63) is 54.1 Å². The first kappa shape index (κ1) is 22.0. The van der Waals surface area contributed by atoms with Crippen LogP contribution < -0.4 is 19.9 Å². The number of quaternary nitrogens is 1. The van der Waals surface area contributed by atoms with E-state index in [9.17, 15) is 18.0 Å². The van der Waals surface area contributed by atoms with Gasteiger partial charge in [0, 0.05) is 5.69 Å². The Hall–Kier alpha value is -2.74. The van der Waals surface area contributed by atoms with Crippen molar-refractivity contribution in [2.45, 2.75) is 26.1 Å². The van der Waals surface area contributed by atoms with Gasteiger partial charge in [-0.2, -0.15) is 13.2 Å². The summed E-state index contributed by atoms with van der Waals surface area (Å²) in [6.07, 6.45) is -4.39. The molecule has 0 saturated carbocycles. The summed E-state index contributed by atoms with van der Waals surface area (Å²) in [5, 5.41) is 2.73. The van der Waals surface area contributed by atoms with Gasteiger partial charge in [-0.1, -0.05) is 12.1 Å². The van der Waals surface area contributed by atoms with Crippen molar-refractivity contribution >= 4 is 17.3 Å². The van der Waals surface area contributed by atoms with Crippen molar-refractivity contribution in [3.8, 4) is 5.75 Å². The molecule has 0 spiro atoms. The molecule has 1 aliphatic heterocycles. The molecule has 1 atom stereocenters. The molecule has 2 N–H and O–H groups in total. The Kier molecular flexibility index (Phi) is 6.87. The summed E-state index contributed by atoms with van der Waals surface area (Å²) in [6, 6.07) is 12.1. The number of hydrogen-bond acceptors (Lipinski definition) is 3. The van der Waals surface area contributed by atoms with Gasteiger partial charge in [0.25, 0.3) is 5.91 Å². The number of amides is 1. The van der Waals surface area contributed by atoms with Crippen molar-refractivity contribution in [1.29, 1.82) is 0 Å². The van der Waals surface area contributed by atoms with E-state index < -0.39 is 11.7 Å². The summed E-state index contributed by atoms with van der Waals surface area (Å²) >= 11 is 0. The van der Waals surface area contributed by atoms with Crippen LogP contribution in [0.15, 0.2) is 48.5 Å². The molecule has 0 unspecified atom stereocenters. The van der Waals surface area contributed by atoms with Crippen molar-refractivity contribution in [1.82, 2.24) is 0 Å². The number of halogens is 3. The minimum Gasteiger partial charge on any atom is -0.492 e. The molecule has 8 heteroatoms. The summed E-state index contributed by atoms with van der Waals surface area (Å²) in [5.41, 5.74) is 0.686. The lowest BCUT2D eigenvalue weighted by Crippen LogP contribution is -3.19. The zero-order chi connectivity index (χ0) is 21.7. The van der Waals surface area contributed by atoms with Crippen LogP contribution in [-0.4, -0.2) is 44.7 Å². The number of carbonyl (C=O) groups is 1. The number of carbonyl (C=O) groups excluding carboxylic acids is 1. The monoisotopic (exact) mass is 422 g/mol. The lowest BCUT2D eigenvalue weighted by atomic mass is 10.1. The minimum atomic E-state index is -4.39. The van der Waals surface area contributed by atoms with E-state index in [1.54, 1.807) is 0 Å². The lowest BCUT2D eigenvalue weighted by Gasteiger charge is -2.36. The Labute approximate surface area is 174 Å². The maximum absolute atomic E-state index is 12.7. The van der Waals surface area contributed by atoms with Crippen LogP contribution in [-0.2, 0) is 11.0 Å². The third-order valence-corrected chi connectivity index (χ3v) is 5.40. The van der Waals surface area contributed by atoms with Gasteiger partial charge in [-0.05, 0) is 50.2 Å². The standard InChI is InChI=1S/C22H26F3N3O2/c1-3-30-20-7-5-4-6-19(20)28-14-12-27(13-15-28)16(2)21(29)26-18-10-8-17(9-11-18)22(23,24)25/h4-11,16H,3,12-15H2,1-2H3,(H,26,29)/p+1/t16-/m0/s1. The number of alkyl halides is 3. The quantitative estimate of drug-likeness (QED) is 0.753. The Morgan fingerprint density at radius 1 is 1.13 bits per heavy atom. The maximum atomic E-state index is 12.7. The van der Waals surface area contributed by atoms with Gasteiger partial charge in [0.15, 0.2) is 6.04 Å². The van der Waals surface area contributed by atoms with Crippen molar-refractivity contribution in [2.75, 3.05) is 43.0 Å². The van der Waals surface area contributed by atoms with Crippen molar-refractivity contribution < 1.29 is 27.6 Å². The van der Waals surface area contributed by atoms with Gasteiger partial charge in [-0.25, -0.2) is 0 Å². The molecule has 0 aliphatic carbocycles. The predicted octanol–water partition coefficient (Wildman–Crippen LogP) is 2.84. The third kappa shape index (κ3) is 5.24. The fourth-order valence-electron chi connectivity index (χ4n) is 3.64. The first-order chi connectivity index (χ1) is 14.3. The van der Waals surface area contributed by atoms with E-state index in [1.807, 2.05) is 38.1 Å². The molecular formula is C22H27F3N3O2+. The zero-order valence-corrected chi connectivity index (χ0v) is 17.1. The molecule has 2 aromatic carbocycles. The van der Waals surface area contributed by atoms with E-state index in [2.05, 4.69) is 10.2 Å². The summed E-state index contributed by atoms with van der Waals surface area (Å²) < 4.78 is 43.7. The molecular weight excluding hydrogens is 395 g/mol. The number of ether oxygens (including phenoxy) is 1. The zero-order valence-electron chi connectivity index (χ0n) is 17.1. The Bertz CT molecular complexity index is 847. The number of rotatable bonds is 6. The average Bonchev–Trinajstić information content (AvgIpc) is 2.74. The van der Waals surface area contributed by atoms with Gasteiger partial charge in [0.1, 0.15) is 5.75 Å². The molecule has 1 saturated heterocycles. The van der Waals surface area contributed by atoms with E-state index in [0.29, 0.717) is 12.3 Å². The number of nitrogens with zero attached hydrogens (tertiary/aromatic N) is 1. The van der Waals surface area contributed by atoms with Crippen LogP contribution in [0.4, 0.5) is 24.5 Å². The van der Waals surface area contributed by atoms with Crippen molar-refractivity contribution in [3.63, 3.8) is 0 Å². The number of para-hydroxylation sites is 2. The van der Waals surface area contributed by atoms with Crippen LogP contribution in [0.2, 0.25) is 0 Å². The summed E-state index contributed by atoms with van der Waals surface area (Å²) in [6.45, 7) is 7.54. The summed E-state index contributed by atoms with van der Waals surface area (Å²) in [4.78, 5) is 16.0. The van der Waals surface area contributed by atoms with Gasteiger partial charge < -0.3 is 19.9 Å². The van der Waals surface area contributed by atoms with Crippen LogP contribution in [0.3, 0.4) is 0 Å². The Morgan fingerprint density at radius 2 is 1.77 bits per heavy atom. The first-order valence-corrected chi connectivity index (χ1v) is 10.1. The van der Waals surface area contributed by atoms with Gasteiger partial charge in [0.05, 0.1) is 44.0 Å². The maximum Gasteiger partial charge on any atom is 0.416 e. The molecule has 1 aliphatic rings. The molecule has 3 rings (SSSR count).